The fourth-order valence-corrected chi connectivity index (χ4v) is 5.27. The zero-order valence-corrected chi connectivity index (χ0v) is 18.8. The minimum absolute atomic E-state index is 0.0199. The first-order valence-corrected chi connectivity index (χ1v) is 11.7. The number of amides is 1. The number of nitrogens with one attached hydrogen (secondary N) is 1. The van der Waals surface area contributed by atoms with Crippen LogP contribution in [0.2, 0.25) is 0 Å². The number of hydrogen-bond donors (Lipinski definition) is 1. The van der Waals surface area contributed by atoms with Gasteiger partial charge in [0.25, 0.3) is 11.6 Å². The van der Waals surface area contributed by atoms with Crippen LogP contribution in [-0.2, 0) is 0 Å². The molecule has 7 nitrogen and oxygen atoms in total. The Morgan fingerprint density at radius 1 is 0.943 bits per heavy atom. The van der Waals surface area contributed by atoms with E-state index >= 15 is 0 Å². The predicted octanol–water partition coefficient (Wildman–Crippen LogP) is 5.78. The minimum Gasteiger partial charge on any atom is -0.469 e. The van der Waals surface area contributed by atoms with Crippen LogP contribution in [0.4, 0.5) is 11.4 Å². The molecule has 2 heterocycles. The summed E-state index contributed by atoms with van der Waals surface area (Å²) in [6.45, 7) is 0.591. The van der Waals surface area contributed by atoms with Crippen LogP contribution in [0.3, 0.4) is 0 Å². The van der Waals surface area contributed by atoms with Crippen molar-refractivity contribution in [3.05, 3.63) is 112 Å². The molecule has 1 N–H and O–H groups in total. The van der Waals surface area contributed by atoms with Gasteiger partial charge in [0.2, 0.25) is 0 Å². The van der Waals surface area contributed by atoms with Crippen LogP contribution in [0.25, 0.3) is 10.8 Å². The fourth-order valence-electron chi connectivity index (χ4n) is 5.27. The Hall–Kier alpha value is -4.39. The molecule has 0 aliphatic carbocycles. The molecule has 2 aliphatic rings. The lowest BCUT2D eigenvalue weighted by Crippen LogP contribution is -2.46. The number of rotatable bonds is 4. The monoisotopic (exact) mass is 465 g/mol. The van der Waals surface area contributed by atoms with Gasteiger partial charge in [0.15, 0.2) is 6.23 Å². The standard InChI is InChI=1S/C28H23N3O4/c32-27(19-7-2-1-3-8-19)30-17-16-24-25(29-20-11-13-21(14-12-20)31(33)34)23-15-10-18-6-4-5-9-22(18)26(23)35-28(24)30/h1-15,24-25,28-29H,16-17H2/t24-,25-,28+/m1/s1. The van der Waals surface area contributed by atoms with Crippen molar-refractivity contribution < 1.29 is 14.5 Å². The minimum atomic E-state index is -0.420. The molecule has 1 fully saturated rings. The van der Waals surface area contributed by atoms with E-state index < -0.39 is 11.2 Å². The summed E-state index contributed by atoms with van der Waals surface area (Å²) in [5.41, 5.74) is 2.50. The summed E-state index contributed by atoms with van der Waals surface area (Å²) in [5, 5.41) is 16.8. The zero-order valence-electron chi connectivity index (χ0n) is 18.8. The zero-order chi connectivity index (χ0) is 23.9. The summed E-state index contributed by atoms with van der Waals surface area (Å²) in [7, 11) is 0. The first-order chi connectivity index (χ1) is 17.1. The van der Waals surface area contributed by atoms with Crippen LogP contribution in [0.15, 0.2) is 91.0 Å². The molecule has 174 valence electrons. The van der Waals surface area contributed by atoms with E-state index in [1.54, 1.807) is 12.1 Å². The Morgan fingerprint density at radius 2 is 1.69 bits per heavy atom. The smallest absolute Gasteiger partial charge is 0.269 e. The van der Waals surface area contributed by atoms with Crippen molar-refractivity contribution in [2.75, 3.05) is 11.9 Å². The van der Waals surface area contributed by atoms with Gasteiger partial charge in [0.1, 0.15) is 5.75 Å². The van der Waals surface area contributed by atoms with Crippen molar-refractivity contribution in [1.29, 1.82) is 0 Å². The Bertz CT molecular complexity index is 1420. The number of non-ortho nitro benzene ring substituents is 1. The molecule has 2 aliphatic heterocycles. The predicted molar refractivity (Wildman–Crippen MR) is 133 cm³/mol. The van der Waals surface area contributed by atoms with Crippen LogP contribution in [-0.4, -0.2) is 28.5 Å². The molecule has 0 radical (unpaired) electrons. The SMILES string of the molecule is O=C(c1ccccc1)N1CC[C@@H]2[C@H](Nc3ccc([N+](=O)[O-])cc3)c3ccc4ccccc4c3O[C@@H]21. The Balaban J connectivity index is 1.41. The van der Waals surface area contributed by atoms with E-state index in [0.717, 1.165) is 34.2 Å². The average molecular weight is 466 g/mol. The van der Waals surface area contributed by atoms with Crippen molar-refractivity contribution in [2.24, 2.45) is 5.92 Å². The topological polar surface area (TPSA) is 84.7 Å². The Kier molecular flexibility index (Phi) is 5.10. The number of fused-ring (bicyclic) bond motifs is 4. The number of ether oxygens (including phenoxy) is 1. The second-order valence-corrected chi connectivity index (χ2v) is 8.96. The van der Waals surface area contributed by atoms with Gasteiger partial charge in [-0.2, -0.15) is 0 Å². The maximum atomic E-state index is 13.4. The average Bonchev–Trinajstić information content (AvgIpc) is 3.33. The number of benzene rings is 4. The molecule has 35 heavy (non-hydrogen) atoms. The van der Waals surface area contributed by atoms with E-state index in [2.05, 4.69) is 17.4 Å². The molecule has 0 spiro atoms. The molecule has 6 rings (SSSR count). The lowest BCUT2D eigenvalue weighted by Gasteiger charge is -2.39. The molecule has 1 saturated heterocycles. The van der Waals surface area contributed by atoms with Gasteiger partial charge < -0.3 is 15.0 Å². The second kappa shape index (κ2) is 8.43. The van der Waals surface area contributed by atoms with Gasteiger partial charge in [0, 0.05) is 46.8 Å². The highest BCUT2D eigenvalue weighted by Crippen LogP contribution is 2.48. The summed E-state index contributed by atoms with van der Waals surface area (Å²) in [5.74, 6) is 0.749. The summed E-state index contributed by atoms with van der Waals surface area (Å²) < 4.78 is 6.62. The second-order valence-electron chi connectivity index (χ2n) is 8.96. The lowest BCUT2D eigenvalue weighted by molar-refractivity contribution is -0.384. The summed E-state index contributed by atoms with van der Waals surface area (Å²) in [6, 6.07) is 27.8. The third kappa shape index (κ3) is 3.65. The van der Waals surface area contributed by atoms with Crippen LogP contribution in [0.5, 0.6) is 5.75 Å². The molecule has 0 bridgehead atoms. The molecule has 0 saturated carbocycles. The van der Waals surface area contributed by atoms with E-state index in [1.807, 2.05) is 59.5 Å². The maximum Gasteiger partial charge on any atom is 0.269 e. The van der Waals surface area contributed by atoms with Crippen molar-refractivity contribution >= 4 is 28.1 Å². The fraction of sp³-hybridized carbons (Fsp3) is 0.179. The normalized spacial score (nSPS) is 20.6. The molecule has 0 unspecified atom stereocenters. The van der Waals surface area contributed by atoms with Gasteiger partial charge in [-0.15, -0.1) is 0 Å². The molecule has 7 heteroatoms. The van der Waals surface area contributed by atoms with E-state index in [-0.39, 0.29) is 23.6 Å². The number of anilines is 1. The number of nitro benzene ring substituents is 1. The van der Waals surface area contributed by atoms with Crippen LogP contribution in [0, 0.1) is 16.0 Å². The van der Waals surface area contributed by atoms with Crippen LogP contribution >= 0.6 is 0 Å². The number of carbonyl (C=O) groups excluding carboxylic acids is 1. The van der Waals surface area contributed by atoms with Gasteiger partial charge in [-0.3, -0.25) is 14.9 Å². The van der Waals surface area contributed by atoms with Crippen molar-refractivity contribution in [1.82, 2.24) is 4.90 Å². The number of nitro groups is 1. The van der Waals surface area contributed by atoms with Crippen molar-refractivity contribution in [3.8, 4) is 5.75 Å². The summed E-state index contributed by atoms with van der Waals surface area (Å²) in [4.78, 5) is 25.9. The third-order valence-electron chi connectivity index (χ3n) is 6.97. The van der Waals surface area contributed by atoms with E-state index in [4.69, 9.17) is 4.74 Å². The number of nitrogens with zero attached hydrogens (tertiary/aromatic N) is 2. The van der Waals surface area contributed by atoms with Crippen LogP contribution in [0.1, 0.15) is 28.4 Å². The molecule has 3 atom stereocenters. The molecule has 1 amide bonds. The van der Waals surface area contributed by atoms with Crippen molar-refractivity contribution in [3.63, 3.8) is 0 Å². The first-order valence-electron chi connectivity index (χ1n) is 11.7. The number of likely N-dealkylation sites (tertiary alicyclic amines) is 1. The summed E-state index contributed by atoms with van der Waals surface area (Å²) in [6.07, 6.45) is 0.358. The van der Waals surface area contributed by atoms with Crippen LogP contribution < -0.4 is 10.1 Å². The molecular weight excluding hydrogens is 442 g/mol. The Morgan fingerprint density at radius 3 is 2.46 bits per heavy atom. The highest BCUT2D eigenvalue weighted by Gasteiger charge is 2.47. The molecular formula is C28H23N3O4. The summed E-state index contributed by atoms with van der Waals surface area (Å²) >= 11 is 0. The highest BCUT2D eigenvalue weighted by atomic mass is 16.6. The number of hydrogen-bond acceptors (Lipinski definition) is 5. The van der Waals surface area contributed by atoms with Gasteiger partial charge in [-0.1, -0.05) is 54.6 Å². The van der Waals surface area contributed by atoms with E-state index in [9.17, 15) is 14.9 Å². The van der Waals surface area contributed by atoms with E-state index in [1.165, 1.54) is 12.1 Å². The van der Waals surface area contributed by atoms with Gasteiger partial charge in [0.05, 0.1) is 11.0 Å². The van der Waals surface area contributed by atoms with E-state index in [0.29, 0.717) is 12.1 Å². The quantitative estimate of drug-likeness (QED) is 0.305. The lowest BCUT2D eigenvalue weighted by atomic mass is 9.86. The largest absolute Gasteiger partial charge is 0.469 e. The molecule has 4 aromatic rings. The van der Waals surface area contributed by atoms with Gasteiger partial charge >= 0.3 is 0 Å². The first kappa shape index (κ1) is 21.2. The molecule has 4 aromatic carbocycles. The van der Waals surface area contributed by atoms with Crippen molar-refractivity contribution in [2.45, 2.75) is 18.7 Å². The number of carbonyl (C=O) groups is 1. The highest BCUT2D eigenvalue weighted by molar-refractivity contribution is 5.95. The maximum absolute atomic E-state index is 13.4. The van der Waals surface area contributed by atoms with Gasteiger partial charge in [-0.05, 0) is 36.1 Å². The molecule has 0 aromatic heterocycles. The van der Waals surface area contributed by atoms with Gasteiger partial charge in [-0.25, -0.2) is 0 Å². The third-order valence-corrected chi connectivity index (χ3v) is 6.97. The Labute approximate surface area is 202 Å².